The molecule has 3 nitrogen and oxygen atoms in total. The van der Waals surface area contributed by atoms with Crippen molar-refractivity contribution in [1.82, 2.24) is 10.2 Å². The van der Waals surface area contributed by atoms with Gasteiger partial charge in [0.05, 0.1) is 0 Å². The van der Waals surface area contributed by atoms with Crippen molar-refractivity contribution < 1.29 is 9.18 Å². The van der Waals surface area contributed by atoms with Crippen LogP contribution in [0.25, 0.3) is 0 Å². The van der Waals surface area contributed by atoms with Gasteiger partial charge in [-0.3, -0.25) is 9.69 Å². The summed E-state index contributed by atoms with van der Waals surface area (Å²) in [6.45, 7) is 5.26. The zero-order chi connectivity index (χ0) is 16.5. The minimum Gasteiger partial charge on any atom is -0.355 e. The van der Waals surface area contributed by atoms with Crippen molar-refractivity contribution in [2.45, 2.75) is 57.9 Å². The number of hydrogen-bond acceptors (Lipinski definition) is 2. The number of aryl methyl sites for hydroxylation is 1. The van der Waals surface area contributed by atoms with E-state index in [9.17, 15) is 9.18 Å². The number of likely N-dealkylation sites (tertiary alicyclic amines) is 1. The zero-order valence-corrected chi connectivity index (χ0v) is 14.2. The summed E-state index contributed by atoms with van der Waals surface area (Å²) in [6.07, 6.45) is 7.21. The number of rotatable bonds is 8. The van der Waals surface area contributed by atoms with Crippen molar-refractivity contribution in [3.63, 3.8) is 0 Å². The molecule has 1 saturated heterocycles. The Bertz CT molecular complexity index is 469. The van der Waals surface area contributed by atoms with Crippen LogP contribution in [0.5, 0.6) is 0 Å². The number of benzene rings is 1. The molecule has 0 radical (unpaired) electrons. The third kappa shape index (κ3) is 6.69. The van der Waals surface area contributed by atoms with E-state index in [0.29, 0.717) is 12.5 Å². The Hall–Kier alpha value is -1.42. The van der Waals surface area contributed by atoms with Gasteiger partial charge >= 0.3 is 0 Å². The van der Waals surface area contributed by atoms with Crippen LogP contribution in [0.2, 0.25) is 0 Å². The number of carbonyl (C=O) groups is 1. The molecular weight excluding hydrogens is 291 g/mol. The summed E-state index contributed by atoms with van der Waals surface area (Å²) in [7, 11) is 0. The second kappa shape index (κ2) is 9.66. The molecule has 1 heterocycles. The van der Waals surface area contributed by atoms with Crippen LogP contribution in [0.15, 0.2) is 24.3 Å². The van der Waals surface area contributed by atoms with E-state index in [-0.39, 0.29) is 11.7 Å². The van der Waals surface area contributed by atoms with Gasteiger partial charge in [-0.25, -0.2) is 4.39 Å². The first-order valence-electron chi connectivity index (χ1n) is 8.90. The topological polar surface area (TPSA) is 32.3 Å². The number of unbranched alkanes of at least 4 members (excludes halogenated alkanes) is 1. The molecule has 1 fully saturated rings. The van der Waals surface area contributed by atoms with Gasteiger partial charge in [0.1, 0.15) is 5.82 Å². The zero-order valence-electron chi connectivity index (χ0n) is 14.2. The average Bonchev–Trinajstić information content (AvgIpc) is 2.59. The van der Waals surface area contributed by atoms with Crippen molar-refractivity contribution in [2.75, 3.05) is 19.6 Å². The normalized spacial score (nSPS) is 17.0. The highest BCUT2D eigenvalue weighted by atomic mass is 19.1. The molecule has 23 heavy (non-hydrogen) atoms. The van der Waals surface area contributed by atoms with E-state index in [1.54, 1.807) is 0 Å². The predicted octanol–water partition coefficient (Wildman–Crippen LogP) is 3.53. The molecule has 0 aliphatic carbocycles. The van der Waals surface area contributed by atoms with Gasteiger partial charge in [0.15, 0.2) is 0 Å². The van der Waals surface area contributed by atoms with Crippen LogP contribution in [-0.4, -0.2) is 36.5 Å². The van der Waals surface area contributed by atoms with Crippen LogP contribution in [-0.2, 0) is 11.2 Å². The number of nitrogens with one attached hydrogen (secondary N) is 1. The molecule has 4 heteroatoms. The van der Waals surface area contributed by atoms with Crippen LogP contribution in [0.1, 0.15) is 51.0 Å². The maximum Gasteiger partial charge on any atom is 0.220 e. The van der Waals surface area contributed by atoms with E-state index in [1.807, 2.05) is 12.1 Å². The minimum atomic E-state index is -0.198. The summed E-state index contributed by atoms with van der Waals surface area (Å²) in [5.41, 5.74) is 1.13. The SMILES string of the molecule is CC(CNC(=O)CCCCc1ccc(F)cc1)N1CCCCC1. The third-order valence-corrected chi connectivity index (χ3v) is 4.64. The molecule has 1 atom stereocenters. The highest BCUT2D eigenvalue weighted by Crippen LogP contribution is 2.12. The lowest BCUT2D eigenvalue weighted by molar-refractivity contribution is -0.121. The van der Waals surface area contributed by atoms with Gasteiger partial charge in [-0.1, -0.05) is 18.6 Å². The van der Waals surface area contributed by atoms with E-state index in [4.69, 9.17) is 0 Å². The molecule has 1 aliphatic heterocycles. The lowest BCUT2D eigenvalue weighted by Gasteiger charge is -2.32. The fraction of sp³-hybridized carbons (Fsp3) is 0.632. The molecule has 0 spiro atoms. The molecule has 0 bridgehead atoms. The van der Waals surface area contributed by atoms with Gasteiger partial charge in [0, 0.05) is 19.0 Å². The summed E-state index contributed by atoms with van der Waals surface area (Å²) >= 11 is 0. The van der Waals surface area contributed by atoms with E-state index in [0.717, 1.165) is 44.5 Å². The van der Waals surface area contributed by atoms with E-state index >= 15 is 0 Å². The van der Waals surface area contributed by atoms with Gasteiger partial charge in [-0.15, -0.1) is 0 Å². The molecule has 1 amide bonds. The van der Waals surface area contributed by atoms with Crippen LogP contribution >= 0.6 is 0 Å². The predicted molar refractivity (Wildman–Crippen MR) is 91.9 cm³/mol. The number of piperidine rings is 1. The van der Waals surface area contributed by atoms with Gasteiger partial charge in [0.2, 0.25) is 5.91 Å². The monoisotopic (exact) mass is 320 g/mol. The summed E-state index contributed by atoms with van der Waals surface area (Å²) < 4.78 is 12.8. The standard InChI is InChI=1S/C19H29FN2O/c1-16(22-13-5-2-6-14-22)15-21-19(23)8-4-3-7-17-9-11-18(20)12-10-17/h9-12,16H,2-8,13-15H2,1H3,(H,21,23). The van der Waals surface area contributed by atoms with Gasteiger partial charge < -0.3 is 5.32 Å². The first-order valence-corrected chi connectivity index (χ1v) is 8.90. The molecule has 2 rings (SSSR count). The number of nitrogens with zero attached hydrogens (tertiary/aromatic N) is 1. The Labute approximate surface area is 139 Å². The second-order valence-corrected chi connectivity index (χ2v) is 6.58. The Balaban J connectivity index is 1.55. The Kier molecular flexibility index (Phi) is 7.53. The van der Waals surface area contributed by atoms with Crippen molar-refractivity contribution in [3.8, 4) is 0 Å². The van der Waals surface area contributed by atoms with E-state index in [2.05, 4.69) is 17.1 Å². The van der Waals surface area contributed by atoms with Gasteiger partial charge in [0.25, 0.3) is 0 Å². The highest BCUT2D eigenvalue weighted by molar-refractivity contribution is 5.75. The second-order valence-electron chi connectivity index (χ2n) is 6.58. The quantitative estimate of drug-likeness (QED) is 0.743. The highest BCUT2D eigenvalue weighted by Gasteiger charge is 2.16. The molecule has 1 unspecified atom stereocenters. The van der Waals surface area contributed by atoms with Crippen LogP contribution < -0.4 is 5.32 Å². The molecule has 1 aromatic carbocycles. The fourth-order valence-electron chi connectivity index (χ4n) is 3.10. The number of halogens is 1. The summed E-state index contributed by atoms with van der Waals surface area (Å²) in [5, 5.41) is 3.06. The van der Waals surface area contributed by atoms with Crippen molar-refractivity contribution >= 4 is 5.91 Å². The number of amides is 1. The van der Waals surface area contributed by atoms with Gasteiger partial charge in [-0.2, -0.15) is 0 Å². The summed E-state index contributed by atoms with van der Waals surface area (Å²) in [5.74, 6) is -0.0519. The van der Waals surface area contributed by atoms with Gasteiger partial charge in [-0.05, 0) is 69.8 Å². The Morgan fingerprint density at radius 1 is 1.17 bits per heavy atom. The number of hydrogen-bond donors (Lipinski definition) is 1. The lowest BCUT2D eigenvalue weighted by atomic mass is 10.1. The molecule has 1 aromatic rings. The lowest BCUT2D eigenvalue weighted by Crippen LogP contribution is -2.44. The van der Waals surface area contributed by atoms with E-state index < -0.39 is 0 Å². The number of carbonyl (C=O) groups excluding carboxylic acids is 1. The molecule has 1 N–H and O–H groups in total. The Morgan fingerprint density at radius 3 is 2.57 bits per heavy atom. The fourth-order valence-corrected chi connectivity index (χ4v) is 3.10. The molecule has 128 valence electrons. The Morgan fingerprint density at radius 2 is 1.87 bits per heavy atom. The molecule has 0 saturated carbocycles. The molecule has 0 aromatic heterocycles. The summed E-state index contributed by atoms with van der Waals surface area (Å²) in [6, 6.07) is 7.04. The van der Waals surface area contributed by atoms with Crippen molar-refractivity contribution in [2.24, 2.45) is 0 Å². The van der Waals surface area contributed by atoms with Crippen LogP contribution in [0.3, 0.4) is 0 Å². The maximum atomic E-state index is 12.8. The largest absolute Gasteiger partial charge is 0.355 e. The average molecular weight is 320 g/mol. The first-order chi connectivity index (χ1) is 11.1. The van der Waals surface area contributed by atoms with E-state index in [1.165, 1.54) is 31.4 Å². The smallest absolute Gasteiger partial charge is 0.220 e. The maximum absolute atomic E-state index is 12.8. The van der Waals surface area contributed by atoms with Crippen LogP contribution in [0, 0.1) is 5.82 Å². The molecular formula is C19H29FN2O. The minimum absolute atomic E-state index is 0.146. The molecule has 1 aliphatic rings. The third-order valence-electron chi connectivity index (χ3n) is 4.64. The van der Waals surface area contributed by atoms with Crippen molar-refractivity contribution in [3.05, 3.63) is 35.6 Å². The van der Waals surface area contributed by atoms with Crippen LogP contribution in [0.4, 0.5) is 4.39 Å². The first kappa shape index (κ1) is 17.9. The van der Waals surface area contributed by atoms with Crippen molar-refractivity contribution in [1.29, 1.82) is 0 Å². The summed E-state index contributed by atoms with van der Waals surface area (Å²) in [4.78, 5) is 14.4.